The summed E-state index contributed by atoms with van der Waals surface area (Å²) in [5.41, 5.74) is 3.94. The molecule has 0 atom stereocenters. The zero-order valence-electron chi connectivity index (χ0n) is 14.3. The van der Waals surface area contributed by atoms with Crippen molar-refractivity contribution in [1.29, 1.82) is 0 Å². The second-order valence-corrected chi connectivity index (χ2v) is 6.00. The van der Waals surface area contributed by atoms with Crippen LogP contribution < -0.4 is 5.32 Å². The lowest BCUT2D eigenvalue weighted by atomic mass is 10.1. The summed E-state index contributed by atoms with van der Waals surface area (Å²) in [6.07, 6.45) is 7.21. The first-order valence-electron chi connectivity index (χ1n) is 8.40. The first-order valence-corrected chi connectivity index (χ1v) is 8.40. The maximum Gasteiger partial charge on any atom is 0.294 e. The minimum Gasteiger partial charge on any atom is -0.350 e. The van der Waals surface area contributed by atoms with E-state index in [4.69, 9.17) is 0 Å². The summed E-state index contributed by atoms with van der Waals surface area (Å²) in [5, 5.41) is 14.7. The van der Waals surface area contributed by atoms with Gasteiger partial charge in [-0.1, -0.05) is 18.2 Å². The molecule has 2 aromatic heterocycles. The number of nitro groups is 1. The van der Waals surface area contributed by atoms with Crippen LogP contribution in [0.1, 0.15) is 0 Å². The van der Waals surface area contributed by atoms with Gasteiger partial charge in [0.05, 0.1) is 10.6 Å². The third-order valence-electron chi connectivity index (χ3n) is 4.22. The lowest BCUT2D eigenvalue weighted by molar-refractivity contribution is -0.383. The Balaban J connectivity index is 1.67. The molecule has 27 heavy (non-hydrogen) atoms. The Morgan fingerprint density at radius 2 is 1.74 bits per heavy atom. The summed E-state index contributed by atoms with van der Waals surface area (Å²) in [6.45, 7) is 0. The molecule has 0 aliphatic rings. The first-order chi connectivity index (χ1) is 13.2. The molecule has 0 aliphatic carbocycles. The standard InChI is InChI=1S/C21H16N4O2/c26-25(27)21-14-19(24-11-1-2-12-24)8-9-20(21)23-18-7-3-5-16(13-18)17-6-4-10-22-15-17/h1-15,23H. The van der Waals surface area contributed by atoms with Crippen LogP contribution in [0.3, 0.4) is 0 Å². The molecular weight excluding hydrogens is 340 g/mol. The number of benzene rings is 2. The van der Waals surface area contributed by atoms with E-state index in [1.807, 2.05) is 71.6 Å². The van der Waals surface area contributed by atoms with Crippen LogP contribution in [-0.2, 0) is 0 Å². The van der Waals surface area contributed by atoms with Crippen LogP contribution in [0.2, 0.25) is 0 Å². The second kappa shape index (κ2) is 7.13. The molecule has 4 aromatic rings. The highest BCUT2D eigenvalue weighted by atomic mass is 16.6. The number of pyridine rings is 1. The van der Waals surface area contributed by atoms with Gasteiger partial charge in [-0.3, -0.25) is 15.1 Å². The molecule has 6 nitrogen and oxygen atoms in total. The maximum atomic E-state index is 11.6. The van der Waals surface area contributed by atoms with Crippen molar-refractivity contribution in [1.82, 2.24) is 9.55 Å². The van der Waals surface area contributed by atoms with Crippen LogP contribution >= 0.6 is 0 Å². The number of rotatable bonds is 5. The molecule has 0 unspecified atom stereocenters. The van der Waals surface area contributed by atoms with Crippen LogP contribution in [-0.4, -0.2) is 14.5 Å². The van der Waals surface area contributed by atoms with Gasteiger partial charge in [-0.25, -0.2) is 0 Å². The molecule has 0 amide bonds. The van der Waals surface area contributed by atoms with Crippen molar-refractivity contribution in [3.63, 3.8) is 0 Å². The molecule has 0 spiro atoms. The molecule has 1 N–H and O–H groups in total. The summed E-state index contributed by atoms with van der Waals surface area (Å²) in [6, 6.07) is 20.4. The normalized spacial score (nSPS) is 10.5. The maximum absolute atomic E-state index is 11.6. The average Bonchev–Trinajstić information content (AvgIpc) is 3.24. The Labute approximate surface area is 155 Å². The fourth-order valence-electron chi connectivity index (χ4n) is 2.91. The van der Waals surface area contributed by atoms with Gasteiger partial charge in [0.2, 0.25) is 0 Å². The molecule has 0 saturated carbocycles. The Kier molecular flexibility index (Phi) is 4.37. The summed E-state index contributed by atoms with van der Waals surface area (Å²) in [5.74, 6) is 0. The van der Waals surface area contributed by atoms with Gasteiger partial charge in [-0.2, -0.15) is 0 Å². The highest BCUT2D eigenvalue weighted by Gasteiger charge is 2.15. The zero-order chi connectivity index (χ0) is 18.6. The fourth-order valence-corrected chi connectivity index (χ4v) is 2.91. The van der Waals surface area contributed by atoms with Gasteiger partial charge in [-0.15, -0.1) is 0 Å². The van der Waals surface area contributed by atoms with Gasteiger partial charge in [-0.05, 0) is 48.0 Å². The topological polar surface area (TPSA) is 73.0 Å². The third kappa shape index (κ3) is 3.55. The van der Waals surface area contributed by atoms with Crippen molar-refractivity contribution in [2.24, 2.45) is 0 Å². The van der Waals surface area contributed by atoms with Crippen molar-refractivity contribution in [3.05, 3.63) is 102 Å². The number of hydrogen-bond acceptors (Lipinski definition) is 4. The fraction of sp³-hybridized carbons (Fsp3) is 0. The van der Waals surface area contributed by atoms with E-state index in [1.165, 1.54) is 0 Å². The highest BCUT2D eigenvalue weighted by Crippen LogP contribution is 2.31. The van der Waals surface area contributed by atoms with E-state index >= 15 is 0 Å². The number of nitro benzene ring substituents is 1. The van der Waals surface area contributed by atoms with Crippen molar-refractivity contribution >= 4 is 17.1 Å². The molecule has 0 bridgehead atoms. The predicted molar refractivity (Wildman–Crippen MR) is 105 cm³/mol. The molecule has 0 aliphatic heterocycles. The van der Waals surface area contributed by atoms with Gasteiger partial charge >= 0.3 is 0 Å². The summed E-state index contributed by atoms with van der Waals surface area (Å²) < 4.78 is 1.83. The number of hydrogen-bond donors (Lipinski definition) is 1. The SMILES string of the molecule is O=[N+]([O-])c1cc(-n2cccc2)ccc1Nc1cccc(-c2cccnc2)c1. The Morgan fingerprint density at radius 3 is 2.48 bits per heavy atom. The molecule has 6 heteroatoms. The number of anilines is 2. The van der Waals surface area contributed by atoms with E-state index in [2.05, 4.69) is 10.3 Å². The Morgan fingerprint density at radius 1 is 0.926 bits per heavy atom. The molecule has 0 saturated heterocycles. The highest BCUT2D eigenvalue weighted by molar-refractivity contribution is 5.75. The number of nitrogens with one attached hydrogen (secondary N) is 1. The van der Waals surface area contributed by atoms with Crippen LogP contribution in [0.5, 0.6) is 0 Å². The molecule has 0 radical (unpaired) electrons. The lowest BCUT2D eigenvalue weighted by Gasteiger charge is -2.11. The van der Waals surface area contributed by atoms with E-state index in [0.717, 1.165) is 22.5 Å². The zero-order valence-corrected chi connectivity index (χ0v) is 14.3. The second-order valence-electron chi connectivity index (χ2n) is 6.00. The lowest BCUT2D eigenvalue weighted by Crippen LogP contribution is -1.99. The summed E-state index contributed by atoms with van der Waals surface area (Å²) in [4.78, 5) is 15.3. The molecular formula is C21H16N4O2. The van der Waals surface area contributed by atoms with Gasteiger partial charge in [0.15, 0.2) is 0 Å². The predicted octanol–water partition coefficient (Wildman–Crippen LogP) is 5.19. The minimum absolute atomic E-state index is 0.0213. The van der Waals surface area contributed by atoms with Crippen LogP contribution in [0, 0.1) is 10.1 Å². The Hall–Kier alpha value is -3.93. The van der Waals surface area contributed by atoms with Crippen molar-refractivity contribution in [3.8, 4) is 16.8 Å². The quantitative estimate of drug-likeness (QED) is 0.394. The minimum atomic E-state index is -0.375. The van der Waals surface area contributed by atoms with Gasteiger partial charge in [0, 0.05) is 42.1 Å². The van der Waals surface area contributed by atoms with Gasteiger partial charge in [0.25, 0.3) is 5.69 Å². The van der Waals surface area contributed by atoms with Gasteiger partial charge < -0.3 is 9.88 Å². The molecule has 2 aromatic carbocycles. The smallest absolute Gasteiger partial charge is 0.294 e. The average molecular weight is 356 g/mol. The molecule has 4 rings (SSSR count). The summed E-state index contributed by atoms with van der Waals surface area (Å²) >= 11 is 0. The van der Waals surface area contributed by atoms with Crippen molar-refractivity contribution in [2.45, 2.75) is 0 Å². The van der Waals surface area contributed by atoms with Crippen LogP contribution in [0.25, 0.3) is 16.8 Å². The first kappa shape index (κ1) is 16.5. The molecule has 0 fully saturated rings. The van der Waals surface area contributed by atoms with Crippen molar-refractivity contribution in [2.75, 3.05) is 5.32 Å². The van der Waals surface area contributed by atoms with Crippen molar-refractivity contribution < 1.29 is 4.92 Å². The largest absolute Gasteiger partial charge is 0.350 e. The monoisotopic (exact) mass is 356 g/mol. The molecule has 2 heterocycles. The van der Waals surface area contributed by atoms with E-state index < -0.39 is 0 Å². The van der Waals surface area contributed by atoms with E-state index in [1.54, 1.807) is 24.5 Å². The van der Waals surface area contributed by atoms with E-state index in [9.17, 15) is 10.1 Å². The Bertz CT molecular complexity index is 1080. The van der Waals surface area contributed by atoms with E-state index in [0.29, 0.717) is 5.69 Å². The van der Waals surface area contributed by atoms with Gasteiger partial charge in [0.1, 0.15) is 5.69 Å². The number of aromatic nitrogens is 2. The third-order valence-corrected chi connectivity index (χ3v) is 4.22. The van der Waals surface area contributed by atoms with E-state index in [-0.39, 0.29) is 10.6 Å². The van der Waals surface area contributed by atoms with Crippen LogP contribution in [0.15, 0.2) is 91.5 Å². The van der Waals surface area contributed by atoms with Crippen LogP contribution in [0.4, 0.5) is 17.1 Å². The summed E-state index contributed by atoms with van der Waals surface area (Å²) in [7, 11) is 0. The molecule has 132 valence electrons. The number of nitrogens with zero attached hydrogens (tertiary/aromatic N) is 3.